The molecule has 8 heteroatoms. The number of halogens is 2. The molecule has 0 aliphatic rings. The van der Waals surface area contributed by atoms with Gasteiger partial charge in [0.15, 0.2) is 0 Å². The van der Waals surface area contributed by atoms with E-state index in [2.05, 4.69) is 4.74 Å². The number of amides is 1. The SMILES string of the molecule is COC(=O)/C(O)=C/C(=O)N(Cc1ccc(F)cc1F)OC. The molecule has 0 atom stereocenters. The maximum Gasteiger partial charge on any atom is 0.373 e. The zero-order valence-corrected chi connectivity index (χ0v) is 11.3. The molecule has 6 nitrogen and oxygen atoms in total. The summed E-state index contributed by atoms with van der Waals surface area (Å²) in [5.74, 6) is -4.55. The fourth-order valence-corrected chi connectivity index (χ4v) is 1.39. The fourth-order valence-electron chi connectivity index (χ4n) is 1.39. The van der Waals surface area contributed by atoms with Gasteiger partial charge in [-0.1, -0.05) is 6.07 Å². The summed E-state index contributed by atoms with van der Waals surface area (Å²) in [5.41, 5.74) is -0.00226. The van der Waals surface area contributed by atoms with E-state index in [9.17, 15) is 23.5 Å². The first-order valence-corrected chi connectivity index (χ1v) is 5.67. The molecular weight excluding hydrogens is 288 g/mol. The number of benzene rings is 1. The molecule has 0 aromatic heterocycles. The lowest BCUT2D eigenvalue weighted by atomic mass is 10.2. The van der Waals surface area contributed by atoms with Gasteiger partial charge in [0.2, 0.25) is 5.76 Å². The van der Waals surface area contributed by atoms with Gasteiger partial charge in [-0.05, 0) is 6.07 Å². The molecule has 1 amide bonds. The van der Waals surface area contributed by atoms with Gasteiger partial charge in [-0.3, -0.25) is 9.63 Å². The molecule has 0 fully saturated rings. The summed E-state index contributed by atoms with van der Waals surface area (Å²) in [6, 6.07) is 2.84. The second kappa shape index (κ2) is 7.34. The Morgan fingerprint density at radius 3 is 2.52 bits per heavy atom. The van der Waals surface area contributed by atoms with Crippen molar-refractivity contribution >= 4 is 11.9 Å². The second-order valence-corrected chi connectivity index (χ2v) is 3.81. The molecule has 0 saturated heterocycles. The quantitative estimate of drug-likeness (QED) is 0.386. The third-order valence-corrected chi connectivity index (χ3v) is 2.45. The maximum atomic E-state index is 13.5. The van der Waals surface area contributed by atoms with Crippen molar-refractivity contribution in [3.8, 4) is 0 Å². The van der Waals surface area contributed by atoms with Crippen molar-refractivity contribution in [1.82, 2.24) is 5.06 Å². The Morgan fingerprint density at radius 1 is 1.33 bits per heavy atom. The standard InChI is InChI=1S/C13H13F2NO5/c1-20-13(19)11(17)6-12(18)16(21-2)7-8-3-4-9(14)5-10(8)15/h3-6,17H,7H2,1-2H3/b11-6-. The van der Waals surface area contributed by atoms with Crippen LogP contribution in [0.1, 0.15) is 5.56 Å². The van der Waals surface area contributed by atoms with Gasteiger partial charge >= 0.3 is 5.97 Å². The second-order valence-electron chi connectivity index (χ2n) is 3.81. The topological polar surface area (TPSA) is 76.1 Å². The number of hydroxylamine groups is 2. The Balaban J connectivity index is 2.88. The molecule has 0 heterocycles. The highest BCUT2D eigenvalue weighted by molar-refractivity contribution is 5.96. The predicted octanol–water partition coefficient (Wildman–Crippen LogP) is 1.47. The molecular formula is C13H13F2NO5. The normalized spacial score (nSPS) is 11.1. The Morgan fingerprint density at radius 2 is 2.00 bits per heavy atom. The number of aliphatic hydroxyl groups excluding tert-OH is 1. The highest BCUT2D eigenvalue weighted by Gasteiger charge is 2.17. The lowest BCUT2D eigenvalue weighted by molar-refractivity contribution is -0.174. The molecule has 1 N–H and O–H groups in total. The molecule has 21 heavy (non-hydrogen) atoms. The third kappa shape index (κ3) is 4.53. The molecule has 1 aromatic carbocycles. The molecule has 1 aromatic rings. The number of carbonyl (C=O) groups excluding carboxylic acids is 2. The Labute approximate surface area is 119 Å². The average Bonchev–Trinajstić information content (AvgIpc) is 2.45. The van der Waals surface area contributed by atoms with Crippen LogP contribution in [0.5, 0.6) is 0 Å². The Bertz CT molecular complexity index is 574. The summed E-state index contributed by atoms with van der Waals surface area (Å²) in [6.07, 6.45) is 0.566. The first-order valence-electron chi connectivity index (χ1n) is 5.67. The number of rotatable bonds is 5. The largest absolute Gasteiger partial charge is 0.502 e. The lowest BCUT2D eigenvalue weighted by Gasteiger charge is -2.18. The minimum Gasteiger partial charge on any atom is -0.502 e. The number of methoxy groups -OCH3 is 1. The zero-order chi connectivity index (χ0) is 16.0. The van der Waals surface area contributed by atoms with E-state index in [-0.39, 0.29) is 12.1 Å². The number of aliphatic hydroxyl groups is 1. The van der Waals surface area contributed by atoms with Crippen LogP contribution in [0.25, 0.3) is 0 Å². The molecule has 1 rings (SSSR count). The molecule has 0 radical (unpaired) electrons. The van der Waals surface area contributed by atoms with Crippen LogP contribution in [0.3, 0.4) is 0 Å². The third-order valence-electron chi connectivity index (χ3n) is 2.45. The van der Waals surface area contributed by atoms with Crippen molar-refractivity contribution in [2.75, 3.05) is 14.2 Å². The van der Waals surface area contributed by atoms with Gasteiger partial charge in [0.25, 0.3) is 5.91 Å². The molecule has 0 unspecified atom stereocenters. The molecule has 0 bridgehead atoms. The van der Waals surface area contributed by atoms with Crippen LogP contribution >= 0.6 is 0 Å². The van der Waals surface area contributed by atoms with E-state index in [0.717, 1.165) is 26.4 Å². The van der Waals surface area contributed by atoms with Crippen molar-refractivity contribution in [2.45, 2.75) is 6.54 Å². The zero-order valence-electron chi connectivity index (χ0n) is 11.3. The molecule has 0 spiro atoms. The van der Waals surface area contributed by atoms with E-state index in [4.69, 9.17) is 4.84 Å². The van der Waals surface area contributed by atoms with Crippen molar-refractivity contribution in [3.05, 3.63) is 47.2 Å². The predicted molar refractivity (Wildman–Crippen MR) is 66.6 cm³/mol. The van der Waals surface area contributed by atoms with Crippen LogP contribution in [0.4, 0.5) is 8.78 Å². The molecule has 0 saturated carbocycles. The van der Waals surface area contributed by atoms with Crippen molar-refractivity contribution in [2.24, 2.45) is 0 Å². The van der Waals surface area contributed by atoms with Crippen LogP contribution in [0.15, 0.2) is 30.0 Å². The summed E-state index contributed by atoms with van der Waals surface area (Å²) in [5, 5.41) is 9.93. The number of nitrogens with zero attached hydrogens (tertiary/aromatic N) is 1. The van der Waals surface area contributed by atoms with Gasteiger partial charge in [0.05, 0.1) is 26.8 Å². The van der Waals surface area contributed by atoms with E-state index in [0.29, 0.717) is 17.2 Å². The minimum absolute atomic E-state index is 0.00226. The maximum absolute atomic E-state index is 13.5. The van der Waals surface area contributed by atoms with E-state index in [1.165, 1.54) is 0 Å². The monoisotopic (exact) mass is 301 g/mol. The smallest absolute Gasteiger partial charge is 0.373 e. The Kier molecular flexibility index (Phi) is 5.79. The summed E-state index contributed by atoms with van der Waals surface area (Å²) in [6.45, 7) is -0.341. The summed E-state index contributed by atoms with van der Waals surface area (Å²) in [7, 11) is 2.17. The van der Waals surface area contributed by atoms with E-state index >= 15 is 0 Å². The molecule has 0 aliphatic heterocycles. The van der Waals surface area contributed by atoms with Gasteiger partial charge in [0.1, 0.15) is 11.6 Å². The number of hydrogen-bond acceptors (Lipinski definition) is 5. The number of hydrogen-bond donors (Lipinski definition) is 1. The first-order chi connectivity index (χ1) is 9.88. The summed E-state index contributed by atoms with van der Waals surface area (Å²) in [4.78, 5) is 27.4. The van der Waals surface area contributed by atoms with Crippen molar-refractivity contribution in [3.63, 3.8) is 0 Å². The number of carbonyl (C=O) groups is 2. The van der Waals surface area contributed by atoms with E-state index in [1.807, 2.05) is 0 Å². The van der Waals surface area contributed by atoms with Crippen LogP contribution in [0, 0.1) is 11.6 Å². The van der Waals surface area contributed by atoms with Crippen LogP contribution < -0.4 is 0 Å². The number of esters is 1. The van der Waals surface area contributed by atoms with Crippen molar-refractivity contribution in [1.29, 1.82) is 0 Å². The summed E-state index contributed by atoms with van der Waals surface area (Å²) >= 11 is 0. The van der Waals surface area contributed by atoms with Gasteiger partial charge in [-0.2, -0.15) is 0 Å². The molecule has 0 aliphatic carbocycles. The highest BCUT2D eigenvalue weighted by Crippen LogP contribution is 2.13. The average molecular weight is 301 g/mol. The van der Waals surface area contributed by atoms with Crippen molar-refractivity contribution < 1.29 is 33.1 Å². The molecule has 114 valence electrons. The summed E-state index contributed by atoms with van der Waals surface area (Å²) < 4.78 is 30.5. The van der Waals surface area contributed by atoms with Crippen LogP contribution in [-0.2, 0) is 25.7 Å². The van der Waals surface area contributed by atoms with E-state index < -0.39 is 29.3 Å². The Hall–Kier alpha value is -2.48. The van der Waals surface area contributed by atoms with Gasteiger partial charge in [0, 0.05) is 11.6 Å². The number of ether oxygens (including phenoxy) is 1. The van der Waals surface area contributed by atoms with Crippen LogP contribution in [-0.4, -0.2) is 36.3 Å². The van der Waals surface area contributed by atoms with Gasteiger partial charge in [-0.15, -0.1) is 0 Å². The fraction of sp³-hybridized carbons (Fsp3) is 0.231. The highest BCUT2D eigenvalue weighted by atomic mass is 19.1. The van der Waals surface area contributed by atoms with E-state index in [1.54, 1.807) is 0 Å². The first kappa shape index (κ1) is 16.6. The van der Waals surface area contributed by atoms with Gasteiger partial charge < -0.3 is 9.84 Å². The van der Waals surface area contributed by atoms with Crippen LogP contribution in [0.2, 0.25) is 0 Å². The minimum atomic E-state index is -1.10. The van der Waals surface area contributed by atoms with Gasteiger partial charge in [-0.25, -0.2) is 18.6 Å². The lowest BCUT2D eigenvalue weighted by Crippen LogP contribution is -2.29.